The highest BCUT2D eigenvalue weighted by atomic mass is 32.2. The van der Waals surface area contributed by atoms with E-state index in [2.05, 4.69) is 5.32 Å². The highest BCUT2D eigenvalue weighted by molar-refractivity contribution is 7.99. The number of anilines is 1. The number of amides is 2. The normalized spacial score (nSPS) is 23.2. The van der Waals surface area contributed by atoms with Gasteiger partial charge in [-0.1, -0.05) is 55.5 Å². The van der Waals surface area contributed by atoms with Crippen LogP contribution in [0.3, 0.4) is 0 Å². The van der Waals surface area contributed by atoms with E-state index in [0.29, 0.717) is 26.8 Å². The van der Waals surface area contributed by atoms with Crippen molar-refractivity contribution in [2.45, 2.75) is 62.0 Å². The summed E-state index contributed by atoms with van der Waals surface area (Å²) >= 11 is 1.35. The number of ether oxygens (including phenoxy) is 2. The number of carbonyl (C=O) groups is 3. The van der Waals surface area contributed by atoms with Gasteiger partial charge in [-0.15, -0.1) is 11.8 Å². The number of hydrogen-bond acceptors (Lipinski definition) is 7. The molecule has 0 aromatic heterocycles. The summed E-state index contributed by atoms with van der Waals surface area (Å²) in [6.07, 6.45) is -6.46. The van der Waals surface area contributed by atoms with E-state index in [1.54, 1.807) is 54.6 Å². The molecule has 2 fully saturated rings. The maximum absolute atomic E-state index is 13.1. The summed E-state index contributed by atoms with van der Waals surface area (Å²) in [7, 11) is 0. The number of hydrogen-bond donors (Lipinski definition) is 3. The molecule has 2 saturated heterocycles. The molecule has 9 nitrogen and oxygen atoms in total. The number of nitrogens with one attached hydrogen (secondary N) is 1. The summed E-state index contributed by atoms with van der Waals surface area (Å²) in [6, 6.07) is 19.4. The lowest BCUT2D eigenvalue weighted by atomic mass is 9.91. The molecular weight excluding hydrogens is 625 g/mol. The molecule has 0 radical (unpaired) electrons. The fourth-order valence-corrected chi connectivity index (χ4v) is 6.90. The highest BCUT2D eigenvalue weighted by Gasteiger charge is 2.47. The standard InChI is InChI=1S/C33H33F3N2O7S/c1-19-26(18-46-27-10-3-2-8-24(27)30(41)42)44-31(45-28(19)21-13-11-20(17-39)12-14-21)22-6-4-7-23(16-22)37-29(40)25-9-5-15-38(25)32(43)33(34,35)36/h2-4,6-8,10-14,16,19,25-26,28,31,39H,5,9,15,17-18H2,1H3,(H,37,40)(H,41,42)/t19-,25-,26+,28+,31+/m0/s1. The first kappa shape index (κ1) is 33.5. The molecule has 2 aliphatic rings. The molecule has 0 spiro atoms. The zero-order chi connectivity index (χ0) is 33.0. The van der Waals surface area contributed by atoms with Crippen LogP contribution in [0.25, 0.3) is 0 Å². The van der Waals surface area contributed by atoms with Crippen LogP contribution in [0.15, 0.2) is 77.7 Å². The van der Waals surface area contributed by atoms with Crippen molar-refractivity contribution >= 4 is 35.2 Å². The van der Waals surface area contributed by atoms with Crippen molar-refractivity contribution in [1.29, 1.82) is 0 Å². The van der Waals surface area contributed by atoms with Gasteiger partial charge in [-0.25, -0.2) is 4.79 Å². The molecule has 2 heterocycles. The molecule has 5 atom stereocenters. The fourth-order valence-electron chi connectivity index (χ4n) is 5.68. The summed E-state index contributed by atoms with van der Waals surface area (Å²) in [5.41, 5.74) is 2.60. The van der Waals surface area contributed by atoms with Gasteiger partial charge in [0.1, 0.15) is 6.04 Å². The third-order valence-electron chi connectivity index (χ3n) is 8.13. The number of rotatable bonds is 9. The van der Waals surface area contributed by atoms with Crippen LogP contribution < -0.4 is 5.32 Å². The van der Waals surface area contributed by atoms with Crippen molar-refractivity contribution in [3.8, 4) is 0 Å². The zero-order valence-electron chi connectivity index (χ0n) is 24.8. The van der Waals surface area contributed by atoms with Crippen molar-refractivity contribution in [1.82, 2.24) is 4.90 Å². The van der Waals surface area contributed by atoms with Gasteiger partial charge in [-0.05, 0) is 48.2 Å². The second-order valence-corrected chi connectivity index (χ2v) is 12.3. The second-order valence-electron chi connectivity index (χ2n) is 11.2. The number of likely N-dealkylation sites (tertiary alicyclic amines) is 1. The number of aliphatic hydroxyl groups is 1. The lowest BCUT2D eigenvalue weighted by Gasteiger charge is -2.41. The molecule has 13 heteroatoms. The average molecular weight is 659 g/mol. The first-order chi connectivity index (χ1) is 22.0. The van der Waals surface area contributed by atoms with Crippen molar-refractivity contribution in [2.24, 2.45) is 5.92 Å². The number of aromatic carboxylic acids is 1. The Morgan fingerprint density at radius 3 is 2.43 bits per heavy atom. The fraction of sp³-hybridized carbons (Fsp3) is 0.364. The molecule has 0 saturated carbocycles. The molecule has 46 heavy (non-hydrogen) atoms. The Bertz CT molecular complexity index is 1570. The summed E-state index contributed by atoms with van der Waals surface area (Å²) in [4.78, 5) is 37.8. The number of nitrogens with zero attached hydrogens (tertiary/aromatic N) is 1. The van der Waals surface area contributed by atoms with Gasteiger partial charge in [-0.3, -0.25) is 9.59 Å². The van der Waals surface area contributed by atoms with Crippen LogP contribution in [-0.2, 0) is 25.7 Å². The highest BCUT2D eigenvalue weighted by Crippen LogP contribution is 2.43. The minimum atomic E-state index is -5.07. The number of carbonyl (C=O) groups excluding carboxylic acids is 2. The van der Waals surface area contributed by atoms with Gasteiger partial charge in [0.25, 0.3) is 0 Å². The first-order valence-corrected chi connectivity index (χ1v) is 15.7. The Balaban J connectivity index is 1.37. The van der Waals surface area contributed by atoms with E-state index in [4.69, 9.17) is 9.47 Å². The van der Waals surface area contributed by atoms with Gasteiger partial charge in [0.15, 0.2) is 6.29 Å². The summed E-state index contributed by atoms with van der Waals surface area (Å²) in [6.45, 7) is 1.70. The Hall–Kier alpha value is -3.91. The van der Waals surface area contributed by atoms with E-state index in [-0.39, 0.29) is 37.5 Å². The smallest absolute Gasteiger partial charge is 0.471 e. The maximum atomic E-state index is 13.1. The van der Waals surface area contributed by atoms with E-state index in [1.807, 2.05) is 19.1 Å². The Labute approximate surface area is 267 Å². The predicted molar refractivity (Wildman–Crippen MR) is 163 cm³/mol. The van der Waals surface area contributed by atoms with Crippen LogP contribution >= 0.6 is 11.8 Å². The summed E-state index contributed by atoms with van der Waals surface area (Å²) in [5.74, 6) is -3.57. The third kappa shape index (κ3) is 7.55. The molecule has 5 rings (SSSR count). The SMILES string of the molecule is C[C@H]1[C@@H](CSc2ccccc2C(=O)O)O[C@@H](c2cccc(NC(=O)[C@@H]3CCCN3C(=O)C(F)(F)F)c2)O[C@H]1c1ccc(CO)cc1. The van der Waals surface area contributed by atoms with Crippen molar-refractivity contribution in [3.63, 3.8) is 0 Å². The molecule has 3 N–H and O–H groups in total. The molecule has 3 aromatic rings. The Morgan fingerprint density at radius 1 is 1.00 bits per heavy atom. The van der Waals surface area contributed by atoms with Crippen LogP contribution in [0.2, 0.25) is 0 Å². The molecule has 244 valence electrons. The number of carboxylic acids is 1. The van der Waals surface area contributed by atoms with Crippen LogP contribution in [0, 0.1) is 5.92 Å². The molecule has 2 aliphatic heterocycles. The van der Waals surface area contributed by atoms with Crippen LogP contribution in [-0.4, -0.2) is 63.5 Å². The second kappa shape index (κ2) is 14.2. The number of thioether (sulfide) groups is 1. The van der Waals surface area contributed by atoms with E-state index in [0.717, 1.165) is 11.1 Å². The van der Waals surface area contributed by atoms with Crippen LogP contribution in [0.4, 0.5) is 18.9 Å². The van der Waals surface area contributed by atoms with Gasteiger partial charge < -0.3 is 29.9 Å². The maximum Gasteiger partial charge on any atom is 0.471 e. The quantitative estimate of drug-likeness (QED) is 0.241. The largest absolute Gasteiger partial charge is 0.478 e. The van der Waals surface area contributed by atoms with Crippen molar-refractivity contribution < 1.29 is 47.2 Å². The molecule has 2 amide bonds. The van der Waals surface area contributed by atoms with E-state index in [1.165, 1.54) is 17.8 Å². The number of aliphatic hydroxyl groups excluding tert-OH is 1. The number of halogens is 3. The monoisotopic (exact) mass is 658 g/mol. The lowest BCUT2D eigenvalue weighted by molar-refractivity contribution is -0.268. The van der Waals surface area contributed by atoms with Crippen molar-refractivity contribution in [3.05, 3.63) is 95.1 Å². The lowest BCUT2D eigenvalue weighted by Crippen LogP contribution is -2.48. The first-order valence-electron chi connectivity index (χ1n) is 14.7. The van der Waals surface area contributed by atoms with Crippen LogP contribution in [0.5, 0.6) is 0 Å². The van der Waals surface area contributed by atoms with Crippen molar-refractivity contribution in [2.75, 3.05) is 17.6 Å². The number of carboxylic acid groups (broad SMARTS) is 1. The Morgan fingerprint density at radius 2 is 1.74 bits per heavy atom. The van der Waals surface area contributed by atoms with Gasteiger partial charge in [0.05, 0.1) is 24.4 Å². The molecular formula is C33H33F3N2O7S. The summed E-state index contributed by atoms with van der Waals surface area (Å²) in [5, 5.41) is 21.8. The average Bonchev–Trinajstić information content (AvgIpc) is 3.54. The van der Waals surface area contributed by atoms with Crippen LogP contribution in [0.1, 0.15) is 59.2 Å². The van der Waals surface area contributed by atoms with E-state index in [9.17, 15) is 37.8 Å². The predicted octanol–water partition coefficient (Wildman–Crippen LogP) is 5.95. The number of benzene rings is 3. The minimum Gasteiger partial charge on any atom is -0.478 e. The van der Waals surface area contributed by atoms with Gasteiger partial charge in [0.2, 0.25) is 5.91 Å². The molecule has 0 bridgehead atoms. The number of alkyl halides is 3. The van der Waals surface area contributed by atoms with Gasteiger partial charge in [0, 0.05) is 34.4 Å². The molecule has 3 aromatic carbocycles. The van der Waals surface area contributed by atoms with Gasteiger partial charge in [-0.2, -0.15) is 13.2 Å². The van der Waals surface area contributed by atoms with E-state index >= 15 is 0 Å². The summed E-state index contributed by atoms with van der Waals surface area (Å²) < 4.78 is 52.2. The van der Waals surface area contributed by atoms with E-state index < -0.39 is 48.5 Å². The minimum absolute atomic E-state index is 0.112. The third-order valence-corrected chi connectivity index (χ3v) is 9.29. The van der Waals surface area contributed by atoms with Gasteiger partial charge >= 0.3 is 18.1 Å². The molecule has 0 aliphatic carbocycles. The molecule has 0 unspecified atom stereocenters. The zero-order valence-corrected chi connectivity index (χ0v) is 25.6. The topological polar surface area (TPSA) is 125 Å². The Kier molecular flexibility index (Phi) is 10.4.